The number of benzene rings is 6. The van der Waals surface area contributed by atoms with Gasteiger partial charge in [-0.1, -0.05) is 194 Å². The molecule has 2 N–H and O–H groups in total. The van der Waals surface area contributed by atoms with Crippen LogP contribution in [0.15, 0.2) is 157 Å². The van der Waals surface area contributed by atoms with Crippen LogP contribution in [-0.4, -0.2) is 75.2 Å². The molecule has 0 aliphatic heterocycles. The van der Waals surface area contributed by atoms with Crippen molar-refractivity contribution in [3.8, 4) is 0 Å². The molecule has 0 radical (unpaired) electrons. The third kappa shape index (κ3) is 34.5. The molecule has 0 aliphatic rings. The number of hydrogen-bond acceptors (Lipinski definition) is 11. The van der Waals surface area contributed by atoms with Crippen LogP contribution in [-0.2, 0) is 86.2 Å². The van der Waals surface area contributed by atoms with E-state index in [0.717, 1.165) is 49.0 Å². The number of allylic oxidation sites excluding steroid dienone is 1. The van der Waals surface area contributed by atoms with Gasteiger partial charge in [-0.15, -0.1) is 6.42 Å². The molecule has 6 aromatic rings. The van der Waals surface area contributed by atoms with Crippen LogP contribution in [0.5, 0.6) is 0 Å². The van der Waals surface area contributed by atoms with Crippen molar-refractivity contribution in [3.63, 3.8) is 0 Å². The van der Waals surface area contributed by atoms with Crippen LogP contribution in [0, 0.1) is 0 Å². The Morgan fingerprint density at radius 2 is 0.753 bits per heavy atom. The first-order chi connectivity index (χ1) is 35.6. The third-order valence-corrected chi connectivity index (χ3v) is 11.4. The Morgan fingerprint density at radius 3 is 1.01 bits per heavy atom. The summed E-state index contributed by atoms with van der Waals surface area (Å²) >= 11 is 14.6. The van der Waals surface area contributed by atoms with E-state index in [0.29, 0.717) is 54.0 Å². The second-order valence-electron chi connectivity index (χ2n) is 17.1. The van der Waals surface area contributed by atoms with Gasteiger partial charge in [0.05, 0.1) is 60.5 Å². The quantitative estimate of drug-likeness (QED) is 0.0444. The molecular formula is C61H69BrCl2NaO12-. The number of carboxylic acid groups (broad SMARTS) is 1. The van der Waals surface area contributed by atoms with Crippen LogP contribution in [0.2, 0.25) is 10.0 Å². The average Bonchev–Trinajstić information content (AvgIpc) is 3.39. The monoisotopic (exact) mass is 1170 g/mol. The van der Waals surface area contributed by atoms with E-state index in [1.54, 1.807) is 48.5 Å². The van der Waals surface area contributed by atoms with E-state index in [2.05, 4.69) is 93.4 Å². The molecule has 408 valence electrons. The predicted octanol–water partition coefficient (Wildman–Crippen LogP) is 10.4. The van der Waals surface area contributed by atoms with Crippen LogP contribution in [0.25, 0.3) is 5.57 Å². The van der Waals surface area contributed by atoms with Crippen molar-refractivity contribution < 1.29 is 87.9 Å². The number of ether oxygens (including phenoxy) is 4. The number of halogens is 3. The van der Waals surface area contributed by atoms with Gasteiger partial charge >= 0.3 is 59.4 Å². The molecule has 0 saturated carbocycles. The number of methoxy groups -OCH3 is 4. The second kappa shape index (κ2) is 42.2. The molecule has 0 heterocycles. The van der Waals surface area contributed by atoms with Crippen molar-refractivity contribution in [2.75, 3.05) is 28.4 Å². The zero-order chi connectivity index (χ0) is 56.3. The zero-order valence-electron chi connectivity index (χ0n) is 45.6. The number of carboxylic acids is 1. The predicted molar refractivity (Wildman–Crippen MR) is 305 cm³/mol. The van der Waals surface area contributed by atoms with E-state index >= 15 is 0 Å². The SMILES string of the molecule is C=C(C)c1ccc(CC(=O)OC)cc1.CC(C)c1ccc(C[C-]=O)cc1.COC(=O)Cc1ccc(Br)cc1.COC(=O)Cc1ccc(C(C)C)cc1.COC(=O)Cc1ccc(Cl)cc1.O=C(O)Cc1ccc(Cl)cc1.[Na+].[OH-]. The maximum absolute atomic E-state index is 11.0. The molecule has 6 aromatic carbocycles. The Labute approximate surface area is 495 Å². The molecule has 0 unspecified atom stereocenters. The van der Waals surface area contributed by atoms with Crippen LogP contribution < -0.4 is 29.6 Å². The molecule has 0 saturated heterocycles. The number of carbonyl (C=O) groups excluding carboxylic acids is 5. The molecule has 0 spiro atoms. The van der Waals surface area contributed by atoms with E-state index in [9.17, 15) is 28.8 Å². The summed E-state index contributed by atoms with van der Waals surface area (Å²) in [5.41, 5.74) is 10.4. The van der Waals surface area contributed by atoms with E-state index in [1.165, 1.54) is 39.6 Å². The molecule has 0 atom stereocenters. The first-order valence-electron chi connectivity index (χ1n) is 23.6. The summed E-state index contributed by atoms with van der Waals surface area (Å²) in [4.78, 5) is 63.9. The smallest absolute Gasteiger partial charge is 0.870 e. The molecular weight excluding hydrogens is 1100 g/mol. The normalized spacial score (nSPS) is 9.53. The summed E-state index contributed by atoms with van der Waals surface area (Å²) < 4.78 is 19.2. The topological polar surface area (TPSA) is 190 Å². The molecule has 77 heavy (non-hydrogen) atoms. The average molecular weight is 1170 g/mol. The third-order valence-electron chi connectivity index (χ3n) is 10.4. The Hall–Kier alpha value is -5.90. The van der Waals surface area contributed by atoms with Crippen molar-refractivity contribution in [2.24, 2.45) is 0 Å². The fourth-order valence-corrected chi connectivity index (χ4v) is 6.48. The summed E-state index contributed by atoms with van der Waals surface area (Å²) in [7, 11) is 5.56. The summed E-state index contributed by atoms with van der Waals surface area (Å²) in [6.07, 6.45) is 3.66. The fourth-order valence-electron chi connectivity index (χ4n) is 5.97. The van der Waals surface area contributed by atoms with Gasteiger partial charge in [0.2, 0.25) is 0 Å². The molecule has 0 aromatic heterocycles. The maximum atomic E-state index is 11.0. The molecule has 12 nitrogen and oxygen atoms in total. The number of esters is 4. The number of aliphatic carboxylic acids is 1. The van der Waals surface area contributed by atoms with Crippen LogP contribution >= 0.6 is 39.1 Å². The Balaban J connectivity index is 0. The van der Waals surface area contributed by atoms with Crippen LogP contribution in [0.3, 0.4) is 0 Å². The molecule has 16 heteroatoms. The van der Waals surface area contributed by atoms with E-state index in [-0.39, 0.29) is 65.3 Å². The first-order valence-corrected chi connectivity index (χ1v) is 25.2. The van der Waals surface area contributed by atoms with Gasteiger partial charge in [0.15, 0.2) is 0 Å². The van der Waals surface area contributed by atoms with Gasteiger partial charge < -0.3 is 34.3 Å². The zero-order valence-corrected chi connectivity index (χ0v) is 50.7. The largest absolute Gasteiger partial charge is 1.00 e. The standard InChI is InChI=1S/C12H16O2.C12H14O2.C11H13O.C9H9BrO2.C9H9ClO2.C8H7ClO2.Na.H2O/c2*1-9(2)11-6-4-10(5-7-11)8-12(13)14-3;1-9(2)11-5-3-10(4-6-11)7-8-12;2*1-12-9(11)6-7-2-4-8(10)5-3-7;9-7-3-1-6(2-4-7)5-8(10)11;;/h4-7,9H,8H2,1-3H3;4-7H,1,8H2,2-3H3;3-6,9H,7H2,1-2H3;2*2-5H,6H2,1H3;1-4H,5H2,(H,10,11);;1H2/q;;-1;;;;+1;/p-1. The fraction of sp³-hybridized carbons (Fsp3) is 0.279. The minimum absolute atomic E-state index is 0. The van der Waals surface area contributed by atoms with Crippen molar-refractivity contribution in [3.05, 3.63) is 217 Å². The van der Waals surface area contributed by atoms with Gasteiger partial charge in [-0.2, -0.15) is 0 Å². The maximum Gasteiger partial charge on any atom is 1.00 e. The van der Waals surface area contributed by atoms with E-state index < -0.39 is 5.97 Å². The van der Waals surface area contributed by atoms with Crippen LogP contribution in [0.4, 0.5) is 0 Å². The van der Waals surface area contributed by atoms with Crippen LogP contribution in [0.1, 0.15) is 96.5 Å². The van der Waals surface area contributed by atoms with Crippen molar-refractivity contribution in [1.82, 2.24) is 0 Å². The molecule has 0 bridgehead atoms. The second-order valence-corrected chi connectivity index (χ2v) is 18.8. The molecule has 0 fully saturated rings. The minimum Gasteiger partial charge on any atom is -0.870 e. The first kappa shape index (κ1) is 73.2. The molecule has 0 amide bonds. The minimum atomic E-state index is -0.827. The number of hydrogen-bond donors (Lipinski definition) is 1. The van der Waals surface area contributed by atoms with Gasteiger partial charge in [0.25, 0.3) is 0 Å². The Kier molecular flexibility index (Phi) is 40.1. The van der Waals surface area contributed by atoms with Crippen molar-refractivity contribution in [2.45, 2.75) is 85.0 Å². The van der Waals surface area contributed by atoms with Crippen molar-refractivity contribution >= 4 is 80.8 Å². The Morgan fingerprint density at radius 1 is 0.494 bits per heavy atom. The van der Waals surface area contributed by atoms with Gasteiger partial charge in [-0.3, -0.25) is 30.3 Å². The summed E-state index contributed by atoms with van der Waals surface area (Å²) in [5.74, 6) is -0.598. The van der Waals surface area contributed by atoms with Gasteiger partial charge in [-0.05, 0) is 99.7 Å². The number of rotatable bonds is 15. The van der Waals surface area contributed by atoms with E-state index in [4.69, 9.17) is 28.3 Å². The summed E-state index contributed by atoms with van der Waals surface area (Å²) in [5, 5.41) is 9.70. The molecule has 0 aliphatic carbocycles. The summed E-state index contributed by atoms with van der Waals surface area (Å²) in [6, 6.07) is 45.4. The van der Waals surface area contributed by atoms with Crippen molar-refractivity contribution in [1.29, 1.82) is 0 Å². The number of carbonyl (C=O) groups is 5. The Bertz CT molecular complexity index is 2580. The van der Waals surface area contributed by atoms with Gasteiger partial charge in [-0.25, -0.2) is 0 Å². The van der Waals surface area contributed by atoms with E-state index in [1.807, 2.05) is 86.0 Å². The molecule has 6 rings (SSSR count). The summed E-state index contributed by atoms with van der Waals surface area (Å²) in [6.45, 7) is 14.4. The van der Waals surface area contributed by atoms with Gasteiger partial charge in [0.1, 0.15) is 0 Å². The van der Waals surface area contributed by atoms with Gasteiger partial charge in [0, 0.05) is 14.5 Å².